The smallest absolute Gasteiger partial charge is 0.242 e. The van der Waals surface area contributed by atoms with Gasteiger partial charge in [-0.05, 0) is 36.9 Å². The molecule has 0 aliphatic carbocycles. The molecule has 0 spiro atoms. The number of sulfonamides is 1. The first-order valence-electron chi connectivity index (χ1n) is 12.3. The van der Waals surface area contributed by atoms with E-state index >= 15 is 0 Å². The van der Waals surface area contributed by atoms with Crippen molar-refractivity contribution in [3.8, 4) is 17.0 Å². The van der Waals surface area contributed by atoms with Gasteiger partial charge in [0.1, 0.15) is 5.65 Å². The summed E-state index contributed by atoms with van der Waals surface area (Å²) >= 11 is 0. The third-order valence-corrected chi connectivity index (χ3v) is 8.53. The lowest BCUT2D eigenvalue weighted by molar-refractivity contribution is 0.147. The third kappa shape index (κ3) is 5.34. The van der Waals surface area contributed by atoms with Crippen molar-refractivity contribution in [3.05, 3.63) is 54.5 Å². The summed E-state index contributed by atoms with van der Waals surface area (Å²) in [6.45, 7) is 5.07. The van der Waals surface area contributed by atoms with Gasteiger partial charge >= 0.3 is 0 Å². The number of aromatic nitrogens is 4. The average Bonchev–Trinajstić information content (AvgIpc) is 3.35. The van der Waals surface area contributed by atoms with Crippen LogP contribution in [0.15, 0.2) is 53.7 Å². The predicted molar refractivity (Wildman–Crippen MR) is 147 cm³/mol. The monoisotopic (exact) mass is 536 g/mol. The SMILES string of the molecule is COc1nc(Nc2ccc(CN3CCN(C)CC3)nc2)nc2[nH]cc(-c3ccc(S(=O)(=O)N(C)C)cc3)c12. The van der Waals surface area contributed by atoms with Crippen molar-refractivity contribution in [1.82, 2.24) is 34.0 Å². The number of piperazine rings is 1. The van der Waals surface area contributed by atoms with Gasteiger partial charge in [-0.15, -0.1) is 0 Å². The molecule has 0 atom stereocenters. The van der Waals surface area contributed by atoms with Crippen molar-refractivity contribution in [2.45, 2.75) is 11.4 Å². The van der Waals surface area contributed by atoms with Crippen LogP contribution in [-0.4, -0.2) is 96.9 Å². The fourth-order valence-electron chi connectivity index (χ4n) is 4.40. The van der Waals surface area contributed by atoms with Crippen LogP contribution >= 0.6 is 0 Å². The average molecular weight is 537 g/mol. The number of anilines is 2. The summed E-state index contributed by atoms with van der Waals surface area (Å²) in [6, 6.07) is 10.7. The summed E-state index contributed by atoms with van der Waals surface area (Å²) in [5, 5.41) is 3.92. The zero-order valence-electron chi connectivity index (χ0n) is 22.0. The molecule has 11 nitrogen and oxygen atoms in total. The van der Waals surface area contributed by atoms with Crippen LogP contribution in [-0.2, 0) is 16.6 Å². The molecule has 1 aliphatic rings. The minimum absolute atomic E-state index is 0.226. The molecule has 200 valence electrons. The Balaban J connectivity index is 1.35. The predicted octanol–water partition coefficient (Wildman–Crippen LogP) is 2.77. The summed E-state index contributed by atoms with van der Waals surface area (Å²) in [6.07, 6.45) is 3.60. The van der Waals surface area contributed by atoms with Crippen LogP contribution in [0.2, 0.25) is 0 Å². The number of hydrogen-bond donors (Lipinski definition) is 2. The number of ether oxygens (including phenoxy) is 1. The highest BCUT2D eigenvalue weighted by atomic mass is 32.2. The molecule has 1 aromatic carbocycles. The van der Waals surface area contributed by atoms with Crippen LogP contribution in [0.1, 0.15) is 5.69 Å². The van der Waals surface area contributed by atoms with Crippen molar-refractivity contribution in [3.63, 3.8) is 0 Å². The number of H-pyrrole nitrogens is 1. The highest BCUT2D eigenvalue weighted by molar-refractivity contribution is 7.89. The first kappa shape index (κ1) is 26.0. The van der Waals surface area contributed by atoms with Crippen molar-refractivity contribution in [2.24, 2.45) is 0 Å². The molecule has 0 unspecified atom stereocenters. The van der Waals surface area contributed by atoms with Gasteiger partial charge in [0.25, 0.3) is 0 Å². The Kier molecular flexibility index (Phi) is 7.30. The third-order valence-electron chi connectivity index (χ3n) is 6.70. The summed E-state index contributed by atoms with van der Waals surface area (Å²) < 4.78 is 31.6. The number of aromatic amines is 1. The molecule has 12 heteroatoms. The molecule has 5 rings (SSSR count). The lowest BCUT2D eigenvalue weighted by Crippen LogP contribution is -2.43. The van der Waals surface area contributed by atoms with Gasteiger partial charge in [0.2, 0.25) is 21.9 Å². The number of fused-ring (bicyclic) bond motifs is 1. The summed E-state index contributed by atoms with van der Waals surface area (Å²) in [7, 11) is 3.22. The summed E-state index contributed by atoms with van der Waals surface area (Å²) in [5.74, 6) is 0.780. The van der Waals surface area contributed by atoms with E-state index in [1.165, 1.54) is 18.4 Å². The van der Waals surface area contributed by atoms with Crippen molar-refractivity contribution < 1.29 is 13.2 Å². The van der Waals surface area contributed by atoms with Gasteiger partial charge in [-0.3, -0.25) is 9.88 Å². The molecule has 0 amide bonds. The molecule has 2 N–H and O–H groups in total. The molecule has 38 heavy (non-hydrogen) atoms. The second kappa shape index (κ2) is 10.7. The molecule has 1 saturated heterocycles. The highest BCUT2D eigenvalue weighted by Crippen LogP contribution is 2.35. The maximum Gasteiger partial charge on any atom is 0.242 e. The number of hydrogen-bond acceptors (Lipinski definition) is 9. The maximum atomic E-state index is 12.4. The molecule has 0 radical (unpaired) electrons. The van der Waals surface area contributed by atoms with Crippen LogP contribution in [0.5, 0.6) is 5.88 Å². The van der Waals surface area contributed by atoms with E-state index < -0.39 is 10.0 Å². The van der Waals surface area contributed by atoms with Crippen LogP contribution in [0.4, 0.5) is 11.6 Å². The Morgan fingerprint density at radius 2 is 1.79 bits per heavy atom. The number of nitrogens with zero attached hydrogens (tertiary/aromatic N) is 6. The van der Waals surface area contributed by atoms with Crippen molar-refractivity contribution in [1.29, 1.82) is 0 Å². The number of pyridine rings is 1. The fourth-order valence-corrected chi connectivity index (χ4v) is 5.31. The van der Waals surface area contributed by atoms with E-state index in [-0.39, 0.29) is 4.90 Å². The van der Waals surface area contributed by atoms with Crippen LogP contribution in [0.25, 0.3) is 22.2 Å². The molecule has 1 fully saturated rings. The maximum absolute atomic E-state index is 12.4. The Hall–Kier alpha value is -3.58. The van der Waals surface area contributed by atoms with Gasteiger partial charge in [-0.25, -0.2) is 12.7 Å². The zero-order valence-corrected chi connectivity index (χ0v) is 22.8. The van der Waals surface area contributed by atoms with Crippen molar-refractivity contribution in [2.75, 3.05) is 59.7 Å². The largest absolute Gasteiger partial charge is 0.480 e. The Labute approximate surface area is 222 Å². The molecule has 1 aliphatic heterocycles. The molecule has 0 bridgehead atoms. The van der Waals surface area contributed by atoms with Gasteiger partial charge in [0.15, 0.2) is 0 Å². The number of likely N-dealkylation sites (N-methyl/N-ethyl adjacent to an activating group) is 1. The number of nitrogens with one attached hydrogen (secondary N) is 2. The molecular formula is C26H32N8O3S. The molecule has 4 aromatic rings. The number of methoxy groups -OCH3 is 1. The Morgan fingerprint density at radius 3 is 2.42 bits per heavy atom. The quantitative estimate of drug-likeness (QED) is 0.350. The number of benzene rings is 1. The van der Waals surface area contributed by atoms with Gasteiger partial charge < -0.3 is 19.9 Å². The molecule has 3 aromatic heterocycles. The number of rotatable bonds is 8. The normalized spacial score (nSPS) is 15.3. The first-order chi connectivity index (χ1) is 18.2. The van der Waals surface area contributed by atoms with Crippen LogP contribution < -0.4 is 10.1 Å². The molecule has 0 saturated carbocycles. The zero-order chi connectivity index (χ0) is 26.9. The first-order valence-corrected chi connectivity index (χ1v) is 13.8. The topological polar surface area (TPSA) is 120 Å². The van der Waals surface area contributed by atoms with Crippen molar-refractivity contribution >= 4 is 32.7 Å². The lowest BCUT2D eigenvalue weighted by Gasteiger charge is -2.32. The van der Waals surface area contributed by atoms with Gasteiger partial charge in [-0.2, -0.15) is 9.97 Å². The minimum Gasteiger partial charge on any atom is -0.480 e. The van der Waals surface area contributed by atoms with E-state index in [1.807, 2.05) is 18.3 Å². The second-order valence-corrected chi connectivity index (χ2v) is 11.7. The van der Waals surface area contributed by atoms with E-state index in [0.29, 0.717) is 22.9 Å². The van der Waals surface area contributed by atoms with E-state index in [2.05, 4.69) is 42.1 Å². The molecular weight excluding hydrogens is 504 g/mol. The summed E-state index contributed by atoms with van der Waals surface area (Å²) in [4.78, 5) is 22.0. The van der Waals surface area contributed by atoms with E-state index in [4.69, 9.17) is 4.74 Å². The fraction of sp³-hybridized carbons (Fsp3) is 0.346. The second-order valence-electron chi connectivity index (χ2n) is 9.54. The summed E-state index contributed by atoms with van der Waals surface area (Å²) in [5.41, 5.74) is 4.02. The van der Waals surface area contributed by atoms with Gasteiger partial charge in [-0.1, -0.05) is 12.1 Å². The Morgan fingerprint density at radius 1 is 1.05 bits per heavy atom. The van der Waals surface area contributed by atoms with Crippen LogP contribution in [0, 0.1) is 0 Å². The van der Waals surface area contributed by atoms with E-state index in [9.17, 15) is 8.42 Å². The lowest BCUT2D eigenvalue weighted by atomic mass is 10.1. The Bertz CT molecular complexity index is 1510. The molecule has 4 heterocycles. The standard InChI is InChI=1S/C26H32N8O3S/c1-32(2)38(35,36)21-9-5-18(6-10-21)22-16-28-24-23(22)25(37-4)31-26(30-24)29-19-7-8-20(27-15-19)17-34-13-11-33(3)12-14-34/h5-10,15-16H,11-14,17H2,1-4H3,(H2,28,29,30,31). The van der Waals surface area contributed by atoms with Gasteiger partial charge in [0, 0.05) is 58.6 Å². The van der Waals surface area contributed by atoms with Gasteiger partial charge in [0.05, 0.1) is 35.0 Å². The van der Waals surface area contributed by atoms with Crippen LogP contribution in [0.3, 0.4) is 0 Å². The van der Waals surface area contributed by atoms with E-state index in [1.54, 1.807) is 37.6 Å². The van der Waals surface area contributed by atoms with E-state index in [0.717, 1.165) is 55.2 Å². The highest BCUT2D eigenvalue weighted by Gasteiger charge is 2.20. The minimum atomic E-state index is -3.51.